The smallest absolute Gasteiger partial charge is 0.306 e. The molecule has 144 valence electrons. The lowest BCUT2D eigenvalue weighted by molar-refractivity contribution is -0.150. The van der Waals surface area contributed by atoms with Crippen molar-refractivity contribution >= 4 is 11.8 Å². The number of carbonyl (C=O) groups excluding carboxylic acids is 2. The molecule has 2 rings (SSSR count). The van der Waals surface area contributed by atoms with E-state index in [4.69, 9.17) is 4.74 Å². The van der Waals surface area contributed by atoms with E-state index in [1.807, 2.05) is 30.3 Å². The zero-order chi connectivity index (χ0) is 19.1. The van der Waals surface area contributed by atoms with Gasteiger partial charge in [0.1, 0.15) is 11.9 Å². The van der Waals surface area contributed by atoms with Crippen LogP contribution in [-0.4, -0.2) is 11.8 Å². The quantitative estimate of drug-likeness (QED) is 0.557. The van der Waals surface area contributed by atoms with Crippen molar-refractivity contribution in [3.63, 3.8) is 0 Å². The van der Waals surface area contributed by atoms with Gasteiger partial charge in [-0.15, -0.1) is 0 Å². The van der Waals surface area contributed by atoms with E-state index in [-0.39, 0.29) is 18.0 Å². The van der Waals surface area contributed by atoms with Crippen LogP contribution in [0.2, 0.25) is 0 Å². The number of ketones is 1. The molecular formula is C23H34O3. The first-order chi connectivity index (χ1) is 12.4. The summed E-state index contributed by atoms with van der Waals surface area (Å²) in [4.78, 5) is 24.8. The first kappa shape index (κ1) is 20.7. The summed E-state index contributed by atoms with van der Waals surface area (Å²) >= 11 is 0. The van der Waals surface area contributed by atoms with E-state index in [2.05, 4.69) is 20.8 Å². The lowest BCUT2D eigenvalue weighted by Crippen LogP contribution is -2.33. The molecule has 1 aromatic carbocycles. The molecule has 0 unspecified atom stereocenters. The normalized spacial score (nSPS) is 24.3. The maximum atomic E-state index is 13.0. The van der Waals surface area contributed by atoms with Crippen molar-refractivity contribution in [3.05, 3.63) is 35.9 Å². The average molecular weight is 359 g/mol. The van der Waals surface area contributed by atoms with E-state index in [9.17, 15) is 9.59 Å². The van der Waals surface area contributed by atoms with E-state index < -0.39 is 0 Å². The number of esters is 1. The molecular weight excluding hydrogens is 324 g/mol. The third kappa shape index (κ3) is 5.69. The van der Waals surface area contributed by atoms with Gasteiger partial charge in [0, 0.05) is 18.8 Å². The minimum Gasteiger partial charge on any atom is -0.457 e. The Balaban J connectivity index is 2.04. The molecule has 0 amide bonds. The fraction of sp³-hybridized carbons (Fsp3) is 0.652. The SMILES string of the molecule is CCC(=O)O[C@@H](CCC(=O)[C@@H]1C[C@H](C)CC[C@H]1C(C)C)c1ccccc1. The van der Waals surface area contributed by atoms with Crippen LogP contribution in [-0.2, 0) is 14.3 Å². The Labute approximate surface area is 158 Å². The monoisotopic (exact) mass is 358 g/mol. The number of Topliss-reactive ketones (excluding diaryl/α,β-unsaturated/α-hetero) is 1. The van der Waals surface area contributed by atoms with Crippen LogP contribution in [0.1, 0.15) is 77.9 Å². The molecule has 1 aromatic rings. The Morgan fingerprint density at radius 3 is 2.46 bits per heavy atom. The van der Waals surface area contributed by atoms with E-state index in [0.717, 1.165) is 18.4 Å². The summed E-state index contributed by atoms with van der Waals surface area (Å²) in [5, 5.41) is 0. The molecule has 1 aliphatic rings. The Bertz CT molecular complexity index is 578. The van der Waals surface area contributed by atoms with Crippen molar-refractivity contribution in [3.8, 4) is 0 Å². The molecule has 0 radical (unpaired) electrons. The van der Waals surface area contributed by atoms with Gasteiger partial charge < -0.3 is 4.74 Å². The molecule has 0 aliphatic heterocycles. The van der Waals surface area contributed by atoms with Gasteiger partial charge in [-0.05, 0) is 42.6 Å². The summed E-state index contributed by atoms with van der Waals surface area (Å²) in [5.41, 5.74) is 0.972. The fourth-order valence-electron chi connectivity index (χ4n) is 4.23. The summed E-state index contributed by atoms with van der Waals surface area (Å²) in [6, 6.07) is 9.78. The Kier molecular flexibility index (Phi) is 7.86. The van der Waals surface area contributed by atoms with Gasteiger partial charge in [0.15, 0.2) is 0 Å². The van der Waals surface area contributed by atoms with Gasteiger partial charge in [0.25, 0.3) is 0 Å². The molecule has 3 nitrogen and oxygen atoms in total. The predicted molar refractivity (Wildman–Crippen MR) is 105 cm³/mol. The van der Waals surface area contributed by atoms with Crippen LogP contribution in [0.25, 0.3) is 0 Å². The third-order valence-electron chi connectivity index (χ3n) is 5.82. The summed E-state index contributed by atoms with van der Waals surface area (Å²) in [5.74, 6) is 1.96. The Morgan fingerprint density at radius 1 is 1.15 bits per heavy atom. The van der Waals surface area contributed by atoms with Crippen molar-refractivity contribution in [2.24, 2.45) is 23.7 Å². The Morgan fingerprint density at radius 2 is 1.85 bits per heavy atom. The van der Waals surface area contributed by atoms with Gasteiger partial charge in [0.2, 0.25) is 0 Å². The van der Waals surface area contributed by atoms with Crippen LogP contribution in [0.3, 0.4) is 0 Å². The van der Waals surface area contributed by atoms with E-state index in [1.165, 1.54) is 6.42 Å². The summed E-state index contributed by atoms with van der Waals surface area (Å²) in [6.07, 6.45) is 4.47. The number of benzene rings is 1. The van der Waals surface area contributed by atoms with Crippen LogP contribution in [0.15, 0.2) is 30.3 Å². The fourth-order valence-corrected chi connectivity index (χ4v) is 4.23. The predicted octanol–water partition coefficient (Wildman–Crippen LogP) is 5.74. The second-order valence-corrected chi connectivity index (χ2v) is 8.18. The minimum absolute atomic E-state index is 0.164. The maximum Gasteiger partial charge on any atom is 0.306 e. The second-order valence-electron chi connectivity index (χ2n) is 8.18. The number of ether oxygens (including phenoxy) is 1. The van der Waals surface area contributed by atoms with E-state index in [1.54, 1.807) is 6.92 Å². The molecule has 0 saturated heterocycles. The maximum absolute atomic E-state index is 13.0. The molecule has 1 saturated carbocycles. The van der Waals surface area contributed by atoms with Gasteiger partial charge in [-0.2, -0.15) is 0 Å². The molecule has 1 aliphatic carbocycles. The highest BCUT2D eigenvalue weighted by molar-refractivity contribution is 5.81. The largest absolute Gasteiger partial charge is 0.457 e. The molecule has 1 fully saturated rings. The van der Waals surface area contributed by atoms with Crippen molar-refractivity contribution in [2.75, 3.05) is 0 Å². The summed E-state index contributed by atoms with van der Waals surface area (Å²) in [7, 11) is 0. The molecule has 4 atom stereocenters. The van der Waals surface area contributed by atoms with Crippen molar-refractivity contribution < 1.29 is 14.3 Å². The van der Waals surface area contributed by atoms with Crippen molar-refractivity contribution in [2.45, 2.75) is 72.3 Å². The van der Waals surface area contributed by atoms with Gasteiger partial charge >= 0.3 is 5.97 Å². The second kappa shape index (κ2) is 9.89. The van der Waals surface area contributed by atoms with Crippen LogP contribution in [0, 0.1) is 23.7 Å². The average Bonchev–Trinajstić information content (AvgIpc) is 2.64. The van der Waals surface area contributed by atoms with Crippen LogP contribution < -0.4 is 0 Å². The molecule has 0 bridgehead atoms. The molecule has 0 spiro atoms. The first-order valence-electron chi connectivity index (χ1n) is 10.2. The van der Waals surface area contributed by atoms with Crippen LogP contribution in [0.4, 0.5) is 0 Å². The lowest BCUT2D eigenvalue weighted by Gasteiger charge is -2.36. The zero-order valence-corrected chi connectivity index (χ0v) is 16.7. The van der Waals surface area contributed by atoms with Gasteiger partial charge in [-0.3, -0.25) is 9.59 Å². The van der Waals surface area contributed by atoms with Crippen molar-refractivity contribution in [1.82, 2.24) is 0 Å². The highest BCUT2D eigenvalue weighted by atomic mass is 16.5. The number of rotatable bonds is 8. The highest BCUT2D eigenvalue weighted by Gasteiger charge is 2.35. The summed E-state index contributed by atoms with van der Waals surface area (Å²) in [6.45, 7) is 8.52. The lowest BCUT2D eigenvalue weighted by atomic mass is 9.68. The van der Waals surface area contributed by atoms with E-state index >= 15 is 0 Å². The Hall–Kier alpha value is -1.64. The van der Waals surface area contributed by atoms with Crippen molar-refractivity contribution in [1.29, 1.82) is 0 Å². The van der Waals surface area contributed by atoms with Crippen LogP contribution >= 0.6 is 0 Å². The number of carbonyl (C=O) groups is 2. The highest BCUT2D eigenvalue weighted by Crippen LogP contribution is 2.39. The molecule has 0 aromatic heterocycles. The number of hydrogen-bond acceptors (Lipinski definition) is 3. The topological polar surface area (TPSA) is 43.4 Å². The first-order valence-corrected chi connectivity index (χ1v) is 10.2. The molecule has 3 heteroatoms. The third-order valence-corrected chi connectivity index (χ3v) is 5.82. The summed E-state index contributed by atoms with van der Waals surface area (Å²) < 4.78 is 5.63. The van der Waals surface area contributed by atoms with Gasteiger partial charge in [-0.1, -0.05) is 64.4 Å². The standard InChI is InChI=1S/C23H34O3/c1-5-23(25)26-22(18-9-7-6-8-10-18)14-13-21(24)20-15-17(4)11-12-19(20)16(2)3/h6-10,16-17,19-20,22H,5,11-15H2,1-4H3/t17-,19+,20-,22+/m1/s1. The minimum atomic E-state index is -0.328. The molecule has 0 N–H and O–H groups in total. The number of hydrogen-bond donors (Lipinski definition) is 0. The van der Waals surface area contributed by atoms with Gasteiger partial charge in [-0.25, -0.2) is 0 Å². The zero-order valence-electron chi connectivity index (χ0n) is 16.7. The van der Waals surface area contributed by atoms with Gasteiger partial charge in [0.05, 0.1) is 0 Å². The van der Waals surface area contributed by atoms with E-state index in [0.29, 0.717) is 42.8 Å². The molecule has 26 heavy (non-hydrogen) atoms. The molecule has 0 heterocycles. The van der Waals surface area contributed by atoms with Crippen LogP contribution in [0.5, 0.6) is 0 Å².